The highest BCUT2D eigenvalue weighted by molar-refractivity contribution is 5.87. The molecule has 0 aromatic heterocycles. The van der Waals surface area contributed by atoms with Crippen LogP contribution in [0.5, 0.6) is 0 Å². The van der Waals surface area contributed by atoms with Gasteiger partial charge in [0.25, 0.3) is 0 Å². The fraction of sp³-hybridized carbons (Fsp3) is 0.556. The van der Waals surface area contributed by atoms with E-state index in [4.69, 9.17) is 5.11 Å². The van der Waals surface area contributed by atoms with Crippen LogP contribution in [0, 0.1) is 11.8 Å². The molecule has 1 aliphatic carbocycles. The molecule has 70 valence electrons. The van der Waals surface area contributed by atoms with Crippen molar-refractivity contribution in [1.29, 1.82) is 0 Å². The predicted molar refractivity (Wildman–Crippen MR) is 48.2 cm³/mol. The number of carboxylic acid groups (broad SMARTS) is 1. The van der Waals surface area contributed by atoms with Gasteiger partial charge in [0.05, 0.1) is 0 Å². The summed E-state index contributed by atoms with van der Waals surface area (Å²) in [6, 6.07) is 0. The number of allylic oxidation sites excluding steroid dienone is 1. The summed E-state index contributed by atoms with van der Waals surface area (Å²) in [5, 5.41) is 12.7. The van der Waals surface area contributed by atoms with Crippen molar-refractivity contribution in [3.63, 3.8) is 0 Å². The van der Waals surface area contributed by atoms with Crippen LogP contribution < -0.4 is 5.43 Å². The highest BCUT2D eigenvalue weighted by atomic mass is 16.4. The largest absolute Gasteiger partial charge is 0.477 e. The summed E-state index contributed by atoms with van der Waals surface area (Å²) in [6.07, 6.45) is 3.85. The van der Waals surface area contributed by atoms with E-state index in [0.29, 0.717) is 11.8 Å². The molecule has 0 saturated heterocycles. The molecule has 2 N–H and O–H groups in total. The highest BCUT2D eigenvalue weighted by Crippen LogP contribution is 2.42. The Kier molecular flexibility index (Phi) is 1.83. The number of carboxylic acids is 1. The first kappa shape index (κ1) is 8.29. The molecule has 0 amide bonds. The Hall–Kier alpha value is -1.32. The van der Waals surface area contributed by atoms with Gasteiger partial charge in [0.15, 0.2) is 0 Å². The molecule has 2 aliphatic rings. The minimum atomic E-state index is -0.922. The number of aliphatic carboxylic acids is 1. The Morgan fingerprint density at radius 2 is 2.54 bits per heavy atom. The minimum absolute atomic E-state index is 0.238. The molecule has 2 rings (SSSR count). The lowest BCUT2D eigenvalue weighted by Gasteiger charge is -2.09. The Bertz CT molecular complexity index is 307. The summed E-state index contributed by atoms with van der Waals surface area (Å²) in [6.45, 7) is 1.85. The van der Waals surface area contributed by atoms with Crippen LogP contribution in [0.25, 0.3) is 0 Å². The predicted octanol–water partition coefficient (Wildman–Crippen LogP) is 0.960. The molecule has 0 radical (unpaired) electrons. The second kappa shape index (κ2) is 2.87. The average Bonchev–Trinajstić information content (AvgIpc) is 2.71. The fourth-order valence-electron chi connectivity index (χ4n) is 1.71. The zero-order chi connectivity index (χ0) is 9.42. The molecule has 0 unspecified atom stereocenters. The summed E-state index contributed by atoms with van der Waals surface area (Å²) in [4.78, 5) is 10.8. The standard InChI is InChI=1S/C9H12N2O2/c1-5-2-6-3-7(6)4-10-11-8(5)9(12)13/h4,6-7,11H,2-3H2,1H3,(H,12,13)/b8-5+,10-4+/t6-,7-/m0/s1. The van der Waals surface area contributed by atoms with Crippen molar-refractivity contribution in [3.8, 4) is 0 Å². The molecule has 13 heavy (non-hydrogen) atoms. The highest BCUT2D eigenvalue weighted by Gasteiger charge is 2.37. The summed E-state index contributed by atoms with van der Waals surface area (Å²) >= 11 is 0. The average molecular weight is 180 g/mol. The first-order valence-electron chi connectivity index (χ1n) is 4.40. The Labute approximate surface area is 76.3 Å². The molecular weight excluding hydrogens is 168 g/mol. The molecule has 0 aromatic rings. The van der Waals surface area contributed by atoms with E-state index in [1.54, 1.807) is 0 Å². The maximum atomic E-state index is 10.8. The molecular formula is C9H12N2O2. The summed E-state index contributed by atoms with van der Waals surface area (Å²) < 4.78 is 0. The SMILES string of the molecule is C/C1=C(/C(=O)O)N/N=C/[C@@H]2C[C@@H]2C1. The molecule has 0 aromatic carbocycles. The smallest absolute Gasteiger partial charge is 0.353 e. The summed E-state index contributed by atoms with van der Waals surface area (Å²) in [7, 11) is 0. The lowest BCUT2D eigenvalue weighted by atomic mass is 10.1. The zero-order valence-corrected chi connectivity index (χ0v) is 7.45. The molecule has 1 fully saturated rings. The number of fused-ring (bicyclic) bond motifs is 1. The monoisotopic (exact) mass is 180 g/mol. The molecule has 4 heteroatoms. The van der Waals surface area contributed by atoms with Crippen LogP contribution >= 0.6 is 0 Å². The summed E-state index contributed by atoms with van der Waals surface area (Å²) in [5.74, 6) is 0.270. The molecule has 0 bridgehead atoms. The number of nitrogens with zero attached hydrogens (tertiary/aromatic N) is 1. The van der Waals surface area contributed by atoms with E-state index < -0.39 is 5.97 Å². The number of hydrogen-bond acceptors (Lipinski definition) is 3. The topological polar surface area (TPSA) is 61.7 Å². The van der Waals surface area contributed by atoms with Crippen molar-refractivity contribution in [2.75, 3.05) is 0 Å². The van der Waals surface area contributed by atoms with E-state index in [0.717, 1.165) is 18.4 Å². The van der Waals surface area contributed by atoms with Gasteiger partial charge in [0.1, 0.15) is 5.70 Å². The van der Waals surface area contributed by atoms with Crippen LogP contribution in [-0.2, 0) is 4.79 Å². The summed E-state index contributed by atoms with van der Waals surface area (Å²) in [5.41, 5.74) is 3.71. The third kappa shape index (κ3) is 1.56. The molecule has 1 aliphatic heterocycles. The molecule has 2 atom stereocenters. The first-order valence-corrected chi connectivity index (χ1v) is 4.40. The van der Waals surface area contributed by atoms with Gasteiger partial charge in [-0.05, 0) is 37.2 Å². The van der Waals surface area contributed by atoms with Crippen LogP contribution in [0.15, 0.2) is 16.4 Å². The second-order valence-electron chi connectivity index (χ2n) is 3.71. The second-order valence-corrected chi connectivity index (χ2v) is 3.71. The van der Waals surface area contributed by atoms with Crippen molar-refractivity contribution in [3.05, 3.63) is 11.3 Å². The van der Waals surface area contributed by atoms with Gasteiger partial charge < -0.3 is 5.11 Å². The van der Waals surface area contributed by atoms with Gasteiger partial charge in [-0.3, -0.25) is 5.43 Å². The van der Waals surface area contributed by atoms with Gasteiger partial charge >= 0.3 is 5.97 Å². The number of carbonyl (C=O) groups is 1. The van der Waals surface area contributed by atoms with E-state index >= 15 is 0 Å². The van der Waals surface area contributed by atoms with E-state index in [1.807, 2.05) is 13.1 Å². The van der Waals surface area contributed by atoms with Gasteiger partial charge in [-0.15, -0.1) is 0 Å². The van der Waals surface area contributed by atoms with Crippen molar-refractivity contribution in [2.24, 2.45) is 16.9 Å². The Balaban J connectivity index is 2.22. The molecule has 1 saturated carbocycles. The molecule has 4 nitrogen and oxygen atoms in total. The lowest BCUT2D eigenvalue weighted by Crippen LogP contribution is -2.18. The molecule has 0 spiro atoms. The first-order chi connectivity index (χ1) is 6.18. The maximum absolute atomic E-state index is 10.8. The normalized spacial score (nSPS) is 39.5. The van der Waals surface area contributed by atoms with E-state index in [-0.39, 0.29) is 5.70 Å². The van der Waals surface area contributed by atoms with Crippen LogP contribution in [0.2, 0.25) is 0 Å². The van der Waals surface area contributed by atoms with Crippen molar-refractivity contribution in [2.45, 2.75) is 19.8 Å². The van der Waals surface area contributed by atoms with Crippen LogP contribution in [0.3, 0.4) is 0 Å². The molecule has 1 heterocycles. The van der Waals surface area contributed by atoms with Crippen molar-refractivity contribution >= 4 is 12.2 Å². The maximum Gasteiger partial charge on any atom is 0.353 e. The minimum Gasteiger partial charge on any atom is -0.477 e. The number of hydrogen-bond donors (Lipinski definition) is 2. The fourth-order valence-corrected chi connectivity index (χ4v) is 1.71. The van der Waals surface area contributed by atoms with Crippen molar-refractivity contribution in [1.82, 2.24) is 5.43 Å². The third-order valence-electron chi connectivity index (χ3n) is 2.63. The number of hydrazone groups is 1. The van der Waals surface area contributed by atoms with Crippen molar-refractivity contribution < 1.29 is 9.90 Å². The van der Waals surface area contributed by atoms with E-state index in [1.165, 1.54) is 0 Å². The van der Waals surface area contributed by atoms with E-state index in [2.05, 4.69) is 10.5 Å². The number of rotatable bonds is 1. The number of nitrogens with one attached hydrogen (secondary N) is 1. The Morgan fingerprint density at radius 3 is 3.23 bits per heavy atom. The lowest BCUT2D eigenvalue weighted by molar-refractivity contribution is -0.133. The third-order valence-corrected chi connectivity index (χ3v) is 2.63. The Morgan fingerprint density at radius 1 is 1.77 bits per heavy atom. The van der Waals surface area contributed by atoms with Gasteiger partial charge in [0.2, 0.25) is 0 Å². The van der Waals surface area contributed by atoms with Gasteiger partial charge in [0, 0.05) is 6.21 Å². The zero-order valence-electron chi connectivity index (χ0n) is 7.45. The van der Waals surface area contributed by atoms with Gasteiger partial charge in [-0.2, -0.15) is 5.10 Å². The van der Waals surface area contributed by atoms with Crippen LogP contribution in [-0.4, -0.2) is 17.3 Å². The quantitative estimate of drug-likeness (QED) is 0.631. The van der Waals surface area contributed by atoms with E-state index in [9.17, 15) is 4.79 Å². The van der Waals surface area contributed by atoms with Crippen LogP contribution in [0.4, 0.5) is 0 Å². The van der Waals surface area contributed by atoms with Gasteiger partial charge in [-0.25, -0.2) is 4.79 Å². The van der Waals surface area contributed by atoms with Crippen LogP contribution in [0.1, 0.15) is 19.8 Å². The van der Waals surface area contributed by atoms with Gasteiger partial charge in [-0.1, -0.05) is 0 Å².